The molecule has 0 aromatic carbocycles. The van der Waals surface area contributed by atoms with Gasteiger partial charge in [-0.1, -0.05) is 13.8 Å². The SMILES string of the molecule is COc1ccc(N2CCCC(C(=O)NCC(C)C)C2)nn1. The minimum atomic E-state index is 0.0291. The molecule has 2 rings (SSSR count). The number of carbonyl (C=O) groups is 1. The molecule has 1 aromatic rings. The Morgan fingerprint density at radius 2 is 2.29 bits per heavy atom. The highest BCUT2D eigenvalue weighted by molar-refractivity contribution is 5.79. The highest BCUT2D eigenvalue weighted by atomic mass is 16.5. The topological polar surface area (TPSA) is 67.3 Å². The van der Waals surface area contributed by atoms with Crippen molar-refractivity contribution in [3.05, 3.63) is 12.1 Å². The molecule has 0 spiro atoms. The maximum Gasteiger partial charge on any atom is 0.233 e. The number of anilines is 1. The lowest BCUT2D eigenvalue weighted by atomic mass is 9.97. The zero-order valence-corrected chi connectivity index (χ0v) is 13.0. The molecular formula is C15H24N4O2. The molecule has 1 amide bonds. The first-order valence-electron chi connectivity index (χ1n) is 7.50. The van der Waals surface area contributed by atoms with Crippen LogP contribution in [0.15, 0.2) is 12.1 Å². The third-order valence-electron chi connectivity index (χ3n) is 3.64. The van der Waals surface area contributed by atoms with Crippen molar-refractivity contribution in [2.45, 2.75) is 26.7 Å². The van der Waals surface area contributed by atoms with Gasteiger partial charge in [-0.05, 0) is 24.8 Å². The summed E-state index contributed by atoms with van der Waals surface area (Å²) in [6.45, 7) is 6.54. The Morgan fingerprint density at radius 3 is 2.90 bits per heavy atom. The fourth-order valence-electron chi connectivity index (χ4n) is 2.44. The van der Waals surface area contributed by atoms with Gasteiger partial charge in [-0.15, -0.1) is 10.2 Å². The zero-order valence-electron chi connectivity index (χ0n) is 13.0. The van der Waals surface area contributed by atoms with E-state index in [0.717, 1.165) is 31.7 Å². The van der Waals surface area contributed by atoms with Crippen LogP contribution in [0.1, 0.15) is 26.7 Å². The largest absolute Gasteiger partial charge is 0.480 e. The van der Waals surface area contributed by atoms with Crippen LogP contribution in [0.4, 0.5) is 5.82 Å². The van der Waals surface area contributed by atoms with Crippen LogP contribution < -0.4 is 15.0 Å². The Morgan fingerprint density at radius 1 is 1.48 bits per heavy atom. The number of hydrogen-bond acceptors (Lipinski definition) is 5. The Bertz CT molecular complexity index is 461. The number of nitrogens with zero attached hydrogens (tertiary/aromatic N) is 3. The van der Waals surface area contributed by atoms with Crippen LogP contribution in [-0.2, 0) is 4.79 Å². The third kappa shape index (κ3) is 4.31. The Balaban J connectivity index is 1.94. The second-order valence-corrected chi connectivity index (χ2v) is 5.86. The number of nitrogens with one attached hydrogen (secondary N) is 1. The molecule has 1 aromatic heterocycles. The van der Waals surface area contributed by atoms with Crippen molar-refractivity contribution in [3.8, 4) is 5.88 Å². The van der Waals surface area contributed by atoms with E-state index in [2.05, 4.69) is 34.3 Å². The Kier molecular flexibility index (Phi) is 5.36. The first-order chi connectivity index (χ1) is 10.1. The van der Waals surface area contributed by atoms with Crippen LogP contribution in [0.5, 0.6) is 5.88 Å². The molecule has 0 aliphatic carbocycles. The number of methoxy groups -OCH3 is 1. The normalized spacial score (nSPS) is 18.7. The summed E-state index contributed by atoms with van der Waals surface area (Å²) in [5.74, 6) is 1.96. The van der Waals surface area contributed by atoms with E-state index in [0.29, 0.717) is 18.3 Å². The maximum atomic E-state index is 12.2. The molecule has 1 aliphatic heterocycles. The molecule has 21 heavy (non-hydrogen) atoms. The number of ether oxygens (including phenoxy) is 1. The van der Waals surface area contributed by atoms with E-state index >= 15 is 0 Å². The molecule has 1 N–H and O–H groups in total. The Labute approximate surface area is 125 Å². The molecule has 1 saturated heterocycles. The van der Waals surface area contributed by atoms with Gasteiger partial charge in [-0.3, -0.25) is 4.79 Å². The fourth-order valence-corrected chi connectivity index (χ4v) is 2.44. The molecule has 1 unspecified atom stereocenters. The first kappa shape index (κ1) is 15.5. The number of piperidine rings is 1. The number of rotatable bonds is 5. The molecule has 1 atom stereocenters. The standard InChI is InChI=1S/C15H24N4O2/c1-11(2)9-16-15(20)12-5-4-8-19(10-12)13-6-7-14(21-3)18-17-13/h6-7,11-12H,4-5,8-10H2,1-3H3,(H,16,20). The lowest BCUT2D eigenvalue weighted by molar-refractivity contribution is -0.125. The molecular weight excluding hydrogens is 268 g/mol. The third-order valence-corrected chi connectivity index (χ3v) is 3.64. The van der Waals surface area contributed by atoms with E-state index < -0.39 is 0 Å². The van der Waals surface area contributed by atoms with E-state index in [1.165, 1.54) is 0 Å². The number of hydrogen-bond donors (Lipinski definition) is 1. The maximum absolute atomic E-state index is 12.2. The van der Waals surface area contributed by atoms with Gasteiger partial charge >= 0.3 is 0 Å². The summed E-state index contributed by atoms with van der Waals surface area (Å²) in [6, 6.07) is 3.69. The summed E-state index contributed by atoms with van der Waals surface area (Å²) in [5, 5.41) is 11.2. The summed E-state index contributed by atoms with van der Waals surface area (Å²) in [4.78, 5) is 14.3. The van der Waals surface area contributed by atoms with Crippen molar-refractivity contribution in [1.82, 2.24) is 15.5 Å². The molecule has 6 nitrogen and oxygen atoms in total. The predicted octanol–water partition coefficient (Wildman–Crippen LogP) is 1.47. The van der Waals surface area contributed by atoms with Crippen molar-refractivity contribution in [1.29, 1.82) is 0 Å². The van der Waals surface area contributed by atoms with Crippen LogP contribution in [0.3, 0.4) is 0 Å². The van der Waals surface area contributed by atoms with Crippen molar-refractivity contribution >= 4 is 11.7 Å². The first-order valence-corrected chi connectivity index (χ1v) is 7.50. The fraction of sp³-hybridized carbons (Fsp3) is 0.667. The van der Waals surface area contributed by atoms with Gasteiger partial charge in [0.05, 0.1) is 13.0 Å². The van der Waals surface area contributed by atoms with Gasteiger partial charge in [0.1, 0.15) is 0 Å². The smallest absolute Gasteiger partial charge is 0.233 e. The van der Waals surface area contributed by atoms with Crippen LogP contribution >= 0.6 is 0 Å². The molecule has 2 heterocycles. The van der Waals surface area contributed by atoms with Gasteiger partial charge in [0, 0.05) is 25.7 Å². The van der Waals surface area contributed by atoms with Gasteiger partial charge in [0.15, 0.2) is 5.82 Å². The molecule has 0 saturated carbocycles. The summed E-state index contributed by atoms with van der Waals surface area (Å²) >= 11 is 0. The van der Waals surface area contributed by atoms with E-state index in [-0.39, 0.29) is 11.8 Å². The average molecular weight is 292 g/mol. The summed E-state index contributed by atoms with van der Waals surface area (Å²) in [7, 11) is 1.57. The minimum absolute atomic E-state index is 0.0291. The number of aromatic nitrogens is 2. The monoisotopic (exact) mass is 292 g/mol. The minimum Gasteiger partial charge on any atom is -0.480 e. The van der Waals surface area contributed by atoms with Crippen molar-refractivity contribution < 1.29 is 9.53 Å². The van der Waals surface area contributed by atoms with Crippen molar-refractivity contribution in [2.75, 3.05) is 31.6 Å². The summed E-state index contributed by atoms with van der Waals surface area (Å²) < 4.78 is 5.01. The number of carbonyl (C=O) groups excluding carboxylic acids is 1. The summed E-state index contributed by atoms with van der Waals surface area (Å²) in [6.07, 6.45) is 1.93. The molecule has 0 bridgehead atoms. The summed E-state index contributed by atoms with van der Waals surface area (Å²) in [5.41, 5.74) is 0. The van der Waals surface area contributed by atoms with Crippen LogP contribution in [0.25, 0.3) is 0 Å². The quantitative estimate of drug-likeness (QED) is 0.890. The molecule has 0 radical (unpaired) electrons. The van der Waals surface area contributed by atoms with Gasteiger partial charge in [0.2, 0.25) is 11.8 Å². The van der Waals surface area contributed by atoms with Gasteiger partial charge in [0.25, 0.3) is 0 Å². The highest BCUT2D eigenvalue weighted by Crippen LogP contribution is 2.22. The van der Waals surface area contributed by atoms with Gasteiger partial charge in [-0.25, -0.2) is 0 Å². The van der Waals surface area contributed by atoms with Crippen molar-refractivity contribution in [2.24, 2.45) is 11.8 Å². The second kappa shape index (κ2) is 7.24. The Hall–Kier alpha value is -1.85. The van der Waals surface area contributed by atoms with Crippen LogP contribution in [0.2, 0.25) is 0 Å². The molecule has 6 heteroatoms. The van der Waals surface area contributed by atoms with E-state index in [9.17, 15) is 4.79 Å². The average Bonchev–Trinajstić information content (AvgIpc) is 2.52. The van der Waals surface area contributed by atoms with E-state index in [4.69, 9.17) is 4.74 Å². The zero-order chi connectivity index (χ0) is 15.2. The van der Waals surface area contributed by atoms with Gasteiger partial charge < -0.3 is 15.0 Å². The second-order valence-electron chi connectivity index (χ2n) is 5.86. The van der Waals surface area contributed by atoms with E-state index in [1.807, 2.05) is 6.07 Å². The molecule has 116 valence electrons. The molecule has 1 aliphatic rings. The lowest BCUT2D eigenvalue weighted by Crippen LogP contribution is -2.44. The van der Waals surface area contributed by atoms with E-state index in [1.54, 1.807) is 13.2 Å². The van der Waals surface area contributed by atoms with Crippen molar-refractivity contribution in [3.63, 3.8) is 0 Å². The molecule has 1 fully saturated rings. The predicted molar refractivity (Wildman–Crippen MR) is 81.4 cm³/mol. The van der Waals surface area contributed by atoms with Crippen LogP contribution in [0, 0.1) is 11.8 Å². The van der Waals surface area contributed by atoms with Crippen LogP contribution in [-0.4, -0.2) is 42.8 Å². The highest BCUT2D eigenvalue weighted by Gasteiger charge is 2.26. The number of amides is 1. The lowest BCUT2D eigenvalue weighted by Gasteiger charge is -2.32. The van der Waals surface area contributed by atoms with Gasteiger partial charge in [-0.2, -0.15) is 0 Å².